The maximum Gasteiger partial charge on any atom is 0.344 e. The van der Waals surface area contributed by atoms with Crippen LogP contribution in [0.15, 0.2) is 88.1 Å². The van der Waals surface area contributed by atoms with Gasteiger partial charge >= 0.3 is 5.63 Å². The molecule has 1 amide bonds. The van der Waals surface area contributed by atoms with E-state index in [2.05, 4.69) is 20.6 Å². The molecule has 35 heavy (non-hydrogen) atoms. The maximum atomic E-state index is 12.8. The number of carbonyl (C=O) groups is 1. The molecule has 9 heteroatoms. The van der Waals surface area contributed by atoms with Gasteiger partial charge in [0, 0.05) is 22.2 Å². The summed E-state index contributed by atoms with van der Waals surface area (Å²) in [5.74, 6) is 0.489. The molecule has 0 saturated carbocycles. The first-order valence-corrected chi connectivity index (χ1v) is 11.6. The molecule has 6 aromatic rings. The molecule has 0 unspecified atom stereocenters. The molecule has 0 fully saturated rings. The number of nitrogens with one attached hydrogen (secondary N) is 1. The number of hydrogen-bond acceptors (Lipinski definition) is 7. The van der Waals surface area contributed by atoms with Crippen molar-refractivity contribution in [3.05, 3.63) is 101 Å². The fraction of sp³-hybridized carbons (Fsp3) is 0.0385. The van der Waals surface area contributed by atoms with Gasteiger partial charge in [-0.25, -0.2) is 4.79 Å². The summed E-state index contributed by atoms with van der Waals surface area (Å²) < 4.78 is 7.13. The van der Waals surface area contributed by atoms with Crippen LogP contribution in [-0.4, -0.2) is 25.7 Å². The van der Waals surface area contributed by atoms with Gasteiger partial charge in [-0.15, -0.1) is 10.2 Å². The monoisotopic (exact) mass is 479 g/mol. The van der Waals surface area contributed by atoms with Crippen LogP contribution in [-0.2, 0) is 0 Å². The van der Waals surface area contributed by atoms with Crippen molar-refractivity contribution < 1.29 is 9.21 Å². The second-order valence-electron chi connectivity index (χ2n) is 7.94. The van der Waals surface area contributed by atoms with Crippen LogP contribution in [0.2, 0.25) is 0 Å². The number of para-hydroxylation sites is 1. The molecule has 0 bridgehead atoms. The molecule has 8 nitrogen and oxygen atoms in total. The molecule has 0 spiro atoms. The van der Waals surface area contributed by atoms with E-state index in [1.807, 2.05) is 49.4 Å². The van der Waals surface area contributed by atoms with E-state index in [0.717, 1.165) is 26.7 Å². The average molecular weight is 480 g/mol. The molecule has 0 radical (unpaired) electrons. The molecule has 3 aromatic carbocycles. The maximum absolute atomic E-state index is 12.8. The second kappa shape index (κ2) is 8.30. The van der Waals surface area contributed by atoms with Crippen LogP contribution < -0.4 is 10.9 Å². The fourth-order valence-corrected chi connectivity index (χ4v) is 4.69. The van der Waals surface area contributed by atoms with E-state index in [-0.39, 0.29) is 5.91 Å². The first-order valence-electron chi connectivity index (χ1n) is 10.8. The van der Waals surface area contributed by atoms with Crippen molar-refractivity contribution in [1.29, 1.82) is 0 Å². The molecule has 1 N–H and O–H groups in total. The summed E-state index contributed by atoms with van der Waals surface area (Å²) in [6.07, 6.45) is 0. The van der Waals surface area contributed by atoms with Gasteiger partial charge in [0.15, 0.2) is 5.82 Å². The van der Waals surface area contributed by atoms with Gasteiger partial charge < -0.3 is 9.73 Å². The van der Waals surface area contributed by atoms with Crippen LogP contribution in [0.4, 0.5) is 5.69 Å². The van der Waals surface area contributed by atoms with E-state index in [4.69, 9.17) is 4.42 Å². The van der Waals surface area contributed by atoms with Crippen molar-refractivity contribution in [3.63, 3.8) is 0 Å². The van der Waals surface area contributed by atoms with Crippen molar-refractivity contribution in [3.8, 4) is 21.7 Å². The third-order valence-corrected chi connectivity index (χ3v) is 6.58. The zero-order valence-corrected chi connectivity index (χ0v) is 19.2. The quantitative estimate of drug-likeness (QED) is 0.349. The molecule has 3 aromatic heterocycles. The van der Waals surface area contributed by atoms with Gasteiger partial charge in [-0.1, -0.05) is 41.7 Å². The number of aromatic nitrogens is 4. The van der Waals surface area contributed by atoms with Crippen molar-refractivity contribution in [2.75, 3.05) is 5.32 Å². The molecule has 0 aliphatic rings. The largest absolute Gasteiger partial charge is 0.422 e. The van der Waals surface area contributed by atoms with Crippen LogP contribution in [0.25, 0.3) is 37.6 Å². The number of rotatable bonds is 4. The van der Waals surface area contributed by atoms with E-state index in [9.17, 15) is 9.59 Å². The normalized spacial score (nSPS) is 11.2. The third-order valence-electron chi connectivity index (χ3n) is 5.64. The lowest BCUT2D eigenvalue weighted by Gasteiger charge is -2.07. The Bertz CT molecular complexity index is 1770. The average Bonchev–Trinajstić information content (AvgIpc) is 3.46. The smallest absolute Gasteiger partial charge is 0.344 e. The zero-order valence-electron chi connectivity index (χ0n) is 18.4. The SMILES string of the molecule is Cc1nnc2sc(-c3ccc(NC(=O)c4ccc(-c5cc6ccccc6oc5=O)cc4)cc3)nn12. The molecule has 3 heterocycles. The fourth-order valence-electron chi connectivity index (χ4n) is 3.80. The second-order valence-corrected chi connectivity index (χ2v) is 8.90. The van der Waals surface area contributed by atoms with Crippen LogP contribution >= 0.6 is 11.3 Å². The molecular formula is C26H17N5O3S. The lowest BCUT2D eigenvalue weighted by atomic mass is 10.0. The summed E-state index contributed by atoms with van der Waals surface area (Å²) in [5, 5.41) is 17.2. The summed E-state index contributed by atoms with van der Waals surface area (Å²) in [4.78, 5) is 25.9. The Balaban J connectivity index is 1.19. The number of carbonyl (C=O) groups excluding carboxylic acids is 1. The molecule has 6 rings (SSSR count). The summed E-state index contributed by atoms with van der Waals surface area (Å²) in [7, 11) is 0. The first-order chi connectivity index (χ1) is 17.0. The minimum Gasteiger partial charge on any atom is -0.422 e. The van der Waals surface area contributed by atoms with E-state index in [1.165, 1.54) is 11.3 Å². The number of aryl methyl sites for hydroxylation is 1. The highest BCUT2D eigenvalue weighted by Crippen LogP contribution is 2.27. The van der Waals surface area contributed by atoms with Gasteiger partial charge in [-0.2, -0.15) is 9.61 Å². The highest BCUT2D eigenvalue weighted by Gasteiger charge is 2.12. The summed E-state index contributed by atoms with van der Waals surface area (Å²) in [6, 6.07) is 23.5. The topological polar surface area (TPSA) is 102 Å². The lowest BCUT2D eigenvalue weighted by molar-refractivity contribution is 0.102. The van der Waals surface area contributed by atoms with Gasteiger partial charge in [0.1, 0.15) is 10.6 Å². The first kappa shape index (κ1) is 20.9. The van der Waals surface area contributed by atoms with E-state index in [0.29, 0.717) is 28.0 Å². The number of fused-ring (bicyclic) bond motifs is 2. The van der Waals surface area contributed by atoms with E-state index in [1.54, 1.807) is 40.9 Å². The molecule has 0 saturated heterocycles. The number of benzene rings is 3. The molecule has 0 atom stereocenters. The number of amides is 1. The lowest BCUT2D eigenvalue weighted by Crippen LogP contribution is -2.11. The molecular weight excluding hydrogens is 462 g/mol. The van der Waals surface area contributed by atoms with E-state index < -0.39 is 5.63 Å². The van der Waals surface area contributed by atoms with Gasteiger partial charge in [-0.3, -0.25) is 4.79 Å². The Morgan fingerprint density at radius 1 is 0.943 bits per heavy atom. The number of nitrogens with zero attached hydrogens (tertiary/aromatic N) is 4. The summed E-state index contributed by atoms with van der Waals surface area (Å²) in [6.45, 7) is 1.85. The zero-order chi connectivity index (χ0) is 23.9. The van der Waals surface area contributed by atoms with Gasteiger partial charge in [-0.05, 0) is 61.0 Å². The summed E-state index contributed by atoms with van der Waals surface area (Å²) >= 11 is 1.45. The van der Waals surface area contributed by atoms with E-state index >= 15 is 0 Å². The Labute approximate surface area is 202 Å². The van der Waals surface area contributed by atoms with Crippen molar-refractivity contribution in [2.45, 2.75) is 6.92 Å². The van der Waals surface area contributed by atoms with Crippen molar-refractivity contribution in [1.82, 2.24) is 19.8 Å². The van der Waals surface area contributed by atoms with Gasteiger partial charge in [0.05, 0.1) is 5.56 Å². The third kappa shape index (κ3) is 3.87. The standard InChI is InChI=1S/C26H17N5O3S/c1-15-28-29-26-31(15)30-24(35-26)18-10-12-20(13-11-18)27-23(32)17-8-6-16(7-9-17)21-14-19-4-2-3-5-22(19)34-25(21)33/h2-14H,1H3,(H,27,32). The minimum absolute atomic E-state index is 0.246. The van der Waals surface area contributed by atoms with Gasteiger partial charge in [0.2, 0.25) is 4.96 Å². The number of hydrogen-bond donors (Lipinski definition) is 1. The highest BCUT2D eigenvalue weighted by atomic mass is 32.1. The molecule has 0 aliphatic carbocycles. The Hall–Kier alpha value is -4.63. The Kier molecular flexibility index (Phi) is 4.97. The predicted molar refractivity (Wildman–Crippen MR) is 135 cm³/mol. The highest BCUT2D eigenvalue weighted by molar-refractivity contribution is 7.19. The van der Waals surface area contributed by atoms with Crippen LogP contribution in [0.3, 0.4) is 0 Å². The minimum atomic E-state index is -0.416. The van der Waals surface area contributed by atoms with Crippen LogP contribution in [0.5, 0.6) is 0 Å². The van der Waals surface area contributed by atoms with Crippen molar-refractivity contribution >= 4 is 38.9 Å². The predicted octanol–water partition coefficient (Wildman–Crippen LogP) is 5.19. The van der Waals surface area contributed by atoms with Crippen LogP contribution in [0.1, 0.15) is 16.2 Å². The Morgan fingerprint density at radius 2 is 1.69 bits per heavy atom. The van der Waals surface area contributed by atoms with Crippen molar-refractivity contribution in [2.24, 2.45) is 0 Å². The summed E-state index contributed by atoms with van der Waals surface area (Å²) in [5.41, 5.74) is 3.33. The van der Waals surface area contributed by atoms with Crippen LogP contribution in [0, 0.1) is 6.92 Å². The Morgan fingerprint density at radius 3 is 2.46 bits per heavy atom. The number of anilines is 1. The molecule has 0 aliphatic heterocycles. The molecule has 170 valence electrons. The van der Waals surface area contributed by atoms with Gasteiger partial charge in [0.25, 0.3) is 5.91 Å².